The molecule has 0 saturated carbocycles. The van der Waals surface area contributed by atoms with Crippen LogP contribution in [0.1, 0.15) is 39.0 Å². The van der Waals surface area contributed by atoms with E-state index >= 15 is 0 Å². The average Bonchev–Trinajstić information content (AvgIpc) is 2.86. The normalized spacial score (nSPS) is 16.9. The maximum absolute atomic E-state index is 12.2. The third-order valence-corrected chi connectivity index (χ3v) is 3.20. The first-order valence-corrected chi connectivity index (χ1v) is 6.38. The fraction of sp³-hybridized carbons (Fsp3) is 0.833. The highest BCUT2D eigenvalue weighted by Crippen LogP contribution is 2.17. The number of carbonyl (C=O) groups excluding carboxylic acids is 2. The number of amides is 2. The van der Waals surface area contributed by atoms with E-state index in [0.717, 1.165) is 45.2 Å². The number of hydroxylamine groups is 2. The quantitative estimate of drug-likeness (QED) is 0.415. The summed E-state index contributed by atoms with van der Waals surface area (Å²) >= 11 is 0. The van der Waals surface area contributed by atoms with Gasteiger partial charge in [-0.1, -0.05) is 19.8 Å². The molecule has 1 unspecified atom stereocenters. The molecule has 1 fully saturated rings. The van der Waals surface area contributed by atoms with Crippen molar-refractivity contribution in [2.75, 3.05) is 19.6 Å². The number of rotatable bonds is 7. The monoisotopic (exact) mass is 242 g/mol. The van der Waals surface area contributed by atoms with Crippen molar-refractivity contribution in [3.8, 4) is 0 Å². The van der Waals surface area contributed by atoms with Gasteiger partial charge in [-0.25, -0.2) is 5.06 Å². The van der Waals surface area contributed by atoms with E-state index in [1.807, 2.05) is 4.90 Å². The topological polar surface area (TPSA) is 60.9 Å². The van der Waals surface area contributed by atoms with E-state index in [2.05, 4.69) is 6.92 Å². The molecule has 1 rings (SSSR count). The molecule has 1 N–H and O–H groups in total. The summed E-state index contributed by atoms with van der Waals surface area (Å²) in [5.74, 6) is -0.180. The predicted octanol–water partition coefficient (Wildman–Crippen LogP) is 1.26. The van der Waals surface area contributed by atoms with Gasteiger partial charge in [-0.2, -0.15) is 0 Å². The molecule has 1 aliphatic rings. The summed E-state index contributed by atoms with van der Waals surface area (Å²) in [6.45, 7) is 3.80. The highest BCUT2D eigenvalue weighted by molar-refractivity contribution is 5.79. The van der Waals surface area contributed by atoms with Crippen molar-refractivity contribution >= 4 is 12.3 Å². The van der Waals surface area contributed by atoms with E-state index in [-0.39, 0.29) is 18.4 Å². The molecule has 5 nitrogen and oxygen atoms in total. The van der Waals surface area contributed by atoms with Gasteiger partial charge in [-0.05, 0) is 19.3 Å². The van der Waals surface area contributed by atoms with Crippen LogP contribution in [0, 0.1) is 5.92 Å². The molecule has 98 valence electrons. The lowest BCUT2D eigenvalue weighted by Crippen LogP contribution is -2.39. The Morgan fingerprint density at radius 3 is 2.65 bits per heavy atom. The lowest BCUT2D eigenvalue weighted by molar-refractivity contribution is -0.156. The molecule has 0 aromatic heterocycles. The second-order valence-corrected chi connectivity index (χ2v) is 4.60. The zero-order chi connectivity index (χ0) is 12.7. The minimum atomic E-state index is -0.261. The molecule has 0 bridgehead atoms. The van der Waals surface area contributed by atoms with Crippen molar-refractivity contribution in [1.82, 2.24) is 9.96 Å². The Morgan fingerprint density at radius 2 is 2.12 bits per heavy atom. The zero-order valence-electron chi connectivity index (χ0n) is 10.5. The van der Waals surface area contributed by atoms with E-state index in [9.17, 15) is 14.8 Å². The summed E-state index contributed by atoms with van der Waals surface area (Å²) < 4.78 is 0. The molecular weight excluding hydrogens is 220 g/mol. The summed E-state index contributed by atoms with van der Waals surface area (Å²) in [6.07, 6.45) is 5.16. The number of unbranched alkanes of at least 4 members (excludes halogenated alkanes) is 1. The van der Waals surface area contributed by atoms with Crippen LogP contribution in [-0.2, 0) is 9.59 Å². The molecule has 1 heterocycles. The summed E-state index contributed by atoms with van der Waals surface area (Å²) in [5, 5.41) is 9.79. The summed E-state index contributed by atoms with van der Waals surface area (Å²) in [7, 11) is 0. The smallest absolute Gasteiger partial charge is 0.233 e. The van der Waals surface area contributed by atoms with E-state index in [4.69, 9.17) is 0 Å². The lowest BCUT2D eigenvalue weighted by Gasteiger charge is -2.24. The summed E-state index contributed by atoms with van der Waals surface area (Å²) in [6, 6.07) is 0. The number of likely N-dealkylation sites (tertiary alicyclic amines) is 1. The molecule has 1 aliphatic heterocycles. The molecule has 0 aromatic rings. The van der Waals surface area contributed by atoms with Crippen LogP contribution in [0.25, 0.3) is 0 Å². The van der Waals surface area contributed by atoms with Crippen LogP contribution in [0.2, 0.25) is 0 Å². The van der Waals surface area contributed by atoms with Gasteiger partial charge in [-0.3, -0.25) is 14.8 Å². The Hall–Kier alpha value is -1.10. The van der Waals surface area contributed by atoms with Crippen LogP contribution in [0.4, 0.5) is 0 Å². The van der Waals surface area contributed by atoms with E-state index in [1.54, 1.807) is 0 Å². The van der Waals surface area contributed by atoms with Crippen LogP contribution in [0.3, 0.4) is 0 Å². The van der Waals surface area contributed by atoms with E-state index in [0.29, 0.717) is 11.5 Å². The molecule has 17 heavy (non-hydrogen) atoms. The number of hydrogen-bond acceptors (Lipinski definition) is 3. The van der Waals surface area contributed by atoms with Gasteiger partial charge in [0.15, 0.2) is 0 Å². The number of carbonyl (C=O) groups is 2. The van der Waals surface area contributed by atoms with Crippen molar-refractivity contribution < 1.29 is 14.8 Å². The van der Waals surface area contributed by atoms with Crippen LogP contribution >= 0.6 is 0 Å². The van der Waals surface area contributed by atoms with Gasteiger partial charge in [0.2, 0.25) is 12.3 Å². The molecule has 2 amide bonds. The van der Waals surface area contributed by atoms with Crippen LogP contribution in [-0.4, -0.2) is 47.1 Å². The van der Waals surface area contributed by atoms with Gasteiger partial charge >= 0.3 is 0 Å². The second kappa shape index (κ2) is 7.27. The van der Waals surface area contributed by atoms with Gasteiger partial charge in [0, 0.05) is 13.1 Å². The van der Waals surface area contributed by atoms with Gasteiger partial charge < -0.3 is 4.90 Å². The number of nitrogens with zero attached hydrogens (tertiary/aromatic N) is 2. The highest BCUT2D eigenvalue weighted by atomic mass is 16.5. The predicted molar refractivity (Wildman–Crippen MR) is 63.4 cm³/mol. The molecule has 0 aromatic carbocycles. The molecule has 1 saturated heterocycles. The van der Waals surface area contributed by atoms with Crippen molar-refractivity contribution in [2.45, 2.75) is 39.0 Å². The van der Waals surface area contributed by atoms with Crippen molar-refractivity contribution in [1.29, 1.82) is 0 Å². The van der Waals surface area contributed by atoms with Crippen molar-refractivity contribution in [3.05, 3.63) is 0 Å². The standard InChI is InChI=1S/C12H22N2O3/c1-2-3-6-11(9-14(17)10-15)12(16)13-7-4-5-8-13/h10-11,17H,2-9H2,1H3. The van der Waals surface area contributed by atoms with Crippen LogP contribution < -0.4 is 0 Å². The Morgan fingerprint density at radius 1 is 1.47 bits per heavy atom. The SMILES string of the molecule is CCCCC(CN(O)C=O)C(=O)N1CCCC1. The highest BCUT2D eigenvalue weighted by Gasteiger charge is 2.27. The van der Waals surface area contributed by atoms with Crippen molar-refractivity contribution in [3.63, 3.8) is 0 Å². The van der Waals surface area contributed by atoms with Gasteiger partial charge in [0.1, 0.15) is 0 Å². The molecule has 5 heteroatoms. The molecular formula is C12H22N2O3. The van der Waals surface area contributed by atoms with E-state index in [1.165, 1.54) is 0 Å². The Kier molecular flexibility index (Phi) is 5.97. The van der Waals surface area contributed by atoms with Gasteiger partial charge in [0.05, 0.1) is 12.5 Å². The lowest BCUT2D eigenvalue weighted by atomic mass is 10.0. The molecule has 0 spiro atoms. The third-order valence-electron chi connectivity index (χ3n) is 3.20. The summed E-state index contributed by atoms with van der Waals surface area (Å²) in [4.78, 5) is 24.4. The second-order valence-electron chi connectivity index (χ2n) is 4.60. The first-order chi connectivity index (χ1) is 8.19. The fourth-order valence-corrected chi connectivity index (χ4v) is 2.21. The Bertz CT molecular complexity index is 252. The first kappa shape index (κ1) is 14.0. The minimum Gasteiger partial charge on any atom is -0.342 e. The molecule has 0 radical (unpaired) electrons. The van der Waals surface area contributed by atoms with E-state index < -0.39 is 0 Å². The fourth-order valence-electron chi connectivity index (χ4n) is 2.21. The first-order valence-electron chi connectivity index (χ1n) is 6.38. The Balaban J connectivity index is 2.53. The van der Waals surface area contributed by atoms with Crippen LogP contribution in [0.15, 0.2) is 0 Å². The number of hydrogen-bond donors (Lipinski definition) is 1. The van der Waals surface area contributed by atoms with Crippen LogP contribution in [0.5, 0.6) is 0 Å². The third kappa shape index (κ3) is 4.34. The van der Waals surface area contributed by atoms with Gasteiger partial charge in [-0.15, -0.1) is 0 Å². The molecule has 1 atom stereocenters. The minimum absolute atomic E-state index is 0.0804. The zero-order valence-corrected chi connectivity index (χ0v) is 10.5. The average molecular weight is 242 g/mol. The summed E-state index contributed by atoms with van der Waals surface area (Å²) in [5.41, 5.74) is 0. The van der Waals surface area contributed by atoms with Crippen molar-refractivity contribution in [2.24, 2.45) is 5.92 Å². The largest absolute Gasteiger partial charge is 0.342 e. The van der Waals surface area contributed by atoms with Gasteiger partial charge in [0.25, 0.3) is 0 Å². The maximum atomic E-state index is 12.2. The molecule has 0 aliphatic carbocycles. The Labute approximate surface area is 102 Å². The maximum Gasteiger partial charge on any atom is 0.233 e.